The molecule has 3 heteroatoms. The Morgan fingerprint density at radius 3 is 1.86 bits per heavy atom. The summed E-state index contributed by atoms with van der Waals surface area (Å²) in [6.45, 7) is -8.16. The summed E-state index contributed by atoms with van der Waals surface area (Å²) in [4.78, 5) is 0.174. The summed E-state index contributed by atoms with van der Waals surface area (Å²) in [5, 5.41) is -4.24. The van der Waals surface area contributed by atoms with E-state index in [2.05, 4.69) is 0 Å². The van der Waals surface area contributed by atoms with E-state index in [1.807, 2.05) is 0 Å². The molecule has 0 aliphatic heterocycles. The minimum atomic E-state index is -4.08. The maximum atomic E-state index is 10.3. The van der Waals surface area contributed by atoms with Crippen LogP contribution in [0.2, 0.25) is 0 Å². The number of rotatable bonds is 5. The van der Waals surface area contributed by atoms with Crippen molar-refractivity contribution in [2.45, 2.75) is 19.1 Å². The molecule has 2 aromatic heterocycles. The predicted octanol–water partition coefficient (Wildman–Crippen LogP) is 15.7. The highest BCUT2D eigenvalue weighted by molar-refractivity contribution is 6.21. The Balaban J connectivity index is 1.33. The van der Waals surface area contributed by atoms with Crippen molar-refractivity contribution in [1.29, 1.82) is 0 Å². The number of hydrogen-bond donors (Lipinski definition) is 0. The number of benzene rings is 9. The van der Waals surface area contributed by atoms with Crippen molar-refractivity contribution in [1.82, 2.24) is 0 Å². The first kappa shape index (κ1) is 12.8. The van der Waals surface area contributed by atoms with Crippen molar-refractivity contribution < 1.29 is 59.6 Å². The van der Waals surface area contributed by atoms with Gasteiger partial charge in [-0.2, -0.15) is 0 Å². The van der Waals surface area contributed by atoms with E-state index in [-0.39, 0.29) is 4.90 Å². The summed E-state index contributed by atoms with van der Waals surface area (Å²) >= 11 is 0. The van der Waals surface area contributed by atoms with Crippen molar-refractivity contribution in [3.05, 3.63) is 198 Å². The normalized spacial score (nSPS) is 22.6. The Morgan fingerprint density at radius 1 is 0.397 bits per heavy atom. The topological polar surface area (TPSA) is 29.5 Å². The van der Waals surface area contributed by atoms with E-state index >= 15 is 0 Å². The molecule has 0 unspecified atom stereocenters. The average Bonchev–Trinajstić information content (AvgIpc) is 1.52. The highest BCUT2D eigenvalue weighted by atomic mass is 16.3. The van der Waals surface area contributed by atoms with Gasteiger partial charge in [-0.25, -0.2) is 0 Å². The molecule has 58 heavy (non-hydrogen) atoms. The van der Waals surface area contributed by atoms with Crippen LogP contribution in [0.15, 0.2) is 196 Å². The van der Waals surface area contributed by atoms with E-state index < -0.39 is 323 Å². The van der Waals surface area contributed by atoms with Crippen LogP contribution in [0.1, 0.15) is 75.5 Å². The van der Waals surface area contributed by atoms with Crippen LogP contribution in [0.3, 0.4) is 0 Å². The van der Waals surface area contributed by atoms with Crippen LogP contribution in [0.5, 0.6) is 0 Å². The Bertz CT molecular complexity index is 5410. The lowest BCUT2D eigenvalue weighted by atomic mass is 9.82. The fourth-order valence-corrected chi connectivity index (χ4v) is 7.00. The van der Waals surface area contributed by atoms with Crippen molar-refractivity contribution in [3.63, 3.8) is 0 Å². The van der Waals surface area contributed by atoms with Crippen LogP contribution in [-0.4, -0.2) is 0 Å². The molecule has 0 atom stereocenters. The molecule has 1 aliphatic rings. The van der Waals surface area contributed by atoms with Gasteiger partial charge in [0.1, 0.15) is 22.3 Å². The molecule has 0 spiro atoms. The Hall–Kier alpha value is -7.36. The van der Waals surface area contributed by atoms with E-state index in [1.165, 1.54) is 0 Å². The first-order valence-electron chi connectivity index (χ1n) is 35.5. The van der Waals surface area contributed by atoms with Gasteiger partial charge in [0.15, 0.2) is 0 Å². The molecule has 3 nitrogen and oxygen atoms in total. The highest BCUT2D eigenvalue weighted by Gasteiger charge is 2.35. The fraction of sp³-hybridized carbons (Fsp3) is 0.0545. The predicted molar refractivity (Wildman–Crippen MR) is 242 cm³/mol. The minimum Gasteiger partial charge on any atom is -0.455 e. The van der Waals surface area contributed by atoms with Gasteiger partial charge in [0.2, 0.25) is 0 Å². The second-order valence-corrected chi connectivity index (χ2v) is 12.8. The van der Waals surface area contributed by atoms with Crippen LogP contribution >= 0.6 is 0 Å². The molecule has 1 aliphatic carbocycles. The number of fused-ring (bicyclic) bond motifs is 11. The van der Waals surface area contributed by atoms with Crippen molar-refractivity contribution in [2.75, 3.05) is 4.90 Å². The zero-order valence-corrected chi connectivity index (χ0v) is 28.8. The molecule has 12 rings (SSSR count). The molecule has 2 heterocycles. The number of anilines is 3. The third-order valence-corrected chi connectivity index (χ3v) is 9.57. The summed E-state index contributed by atoms with van der Waals surface area (Å²) in [7, 11) is 0. The van der Waals surface area contributed by atoms with Crippen molar-refractivity contribution >= 4 is 71.7 Å². The first-order chi connectivity index (χ1) is 43.9. The van der Waals surface area contributed by atoms with Gasteiger partial charge < -0.3 is 13.7 Å². The van der Waals surface area contributed by atoms with Gasteiger partial charge in [0, 0.05) is 63.2 Å². The molecule has 0 fully saturated rings. The first-order valence-corrected chi connectivity index (χ1v) is 17.0. The molecule has 0 radical (unpaired) electrons. The summed E-state index contributed by atoms with van der Waals surface area (Å²) in [6, 6.07) is -35.0. The van der Waals surface area contributed by atoms with E-state index in [4.69, 9.17) is 40.4 Å². The molecule has 0 saturated carbocycles. The van der Waals surface area contributed by atoms with Gasteiger partial charge in [-0.3, -0.25) is 0 Å². The number of furan rings is 2. The van der Waals surface area contributed by atoms with E-state index in [9.17, 15) is 19.2 Å². The van der Waals surface area contributed by atoms with Gasteiger partial charge in [0.25, 0.3) is 0 Å². The lowest BCUT2D eigenvalue weighted by Gasteiger charge is -2.28. The fourth-order valence-electron chi connectivity index (χ4n) is 7.00. The average molecular weight is 781 g/mol. The summed E-state index contributed by atoms with van der Waals surface area (Å²) in [6.07, 6.45) is 0. The second kappa shape index (κ2) is 12.3. The zero-order chi connectivity index (χ0) is 70.5. The van der Waals surface area contributed by atoms with Crippen molar-refractivity contribution in [3.8, 4) is 33.4 Å². The quantitative estimate of drug-likeness (QED) is 0.174. The van der Waals surface area contributed by atoms with Crippen LogP contribution in [0, 0.1) is 0 Å². The van der Waals surface area contributed by atoms with Gasteiger partial charge in [0.05, 0.1) is 42.5 Å². The lowest BCUT2D eigenvalue weighted by molar-refractivity contribution is 0.660. The monoisotopic (exact) mass is 781 g/mol. The van der Waals surface area contributed by atoms with E-state index in [1.54, 1.807) is 0 Å². The number of hydrogen-bond acceptors (Lipinski definition) is 3. The largest absolute Gasteiger partial charge is 0.455 e. The Kier molecular flexibility index (Phi) is 2.72. The molecular formula is C55H37NO2. The van der Waals surface area contributed by atoms with Crippen LogP contribution in [-0.2, 0) is 5.41 Å². The molecule has 274 valence electrons. The summed E-state index contributed by atoms with van der Waals surface area (Å²) in [5.41, 5.74) is -19.2. The molecule has 0 saturated heterocycles. The molecule has 0 bridgehead atoms. The lowest BCUT2D eigenvalue weighted by Crippen LogP contribution is -2.16. The third-order valence-electron chi connectivity index (χ3n) is 9.57. The summed E-state index contributed by atoms with van der Waals surface area (Å²) in [5.74, 6) is 0. The van der Waals surface area contributed by atoms with E-state index in [0.29, 0.717) is 0 Å². The Labute approximate surface area is 388 Å². The molecule has 11 aromatic rings. The van der Waals surface area contributed by atoms with Gasteiger partial charge in [-0.1, -0.05) is 147 Å². The SMILES string of the molecule is [2H]c1c([2H])c([2H])c(-c2c([2H])c([2H])c(N(c3c([2H])c([2H])c4c(c3[2H])C(C([2H])([2H])[2H])(C([2H])([2H])[2H])c3c([2H])c([2H])c([2H])c([2H])c3-4)c3c([2H])c([2H])c4oc5c6c([2H])c([2H])c([2H])c([2H])c6c(-c6c([2H])c([2H])c([2H])c7c6oc6c([2H])c([2H])c([2H])c([2H])c67)c([2H])c5c4c3[2H])c([2H])c2[2H])c([2H])c1[2H]. The molecule has 9 aromatic carbocycles. The van der Waals surface area contributed by atoms with Crippen LogP contribution in [0.4, 0.5) is 17.1 Å². The van der Waals surface area contributed by atoms with Gasteiger partial charge >= 0.3 is 0 Å². The minimum absolute atomic E-state index is 0.174. The zero-order valence-electron chi connectivity index (χ0n) is 65.8. The van der Waals surface area contributed by atoms with E-state index in [0.717, 1.165) is 0 Å². The molecular weight excluding hydrogens is 707 g/mol. The highest BCUT2D eigenvalue weighted by Crippen LogP contribution is 2.51. The number of nitrogens with zero attached hydrogens (tertiary/aromatic N) is 1. The summed E-state index contributed by atoms with van der Waals surface area (Å²) < 4.78 is 351. The third kappa shape index (κ3) is 4.80. The van der Waals surface area contributed by atoms with Crippen molar-refractivity contribution in [2.24, 2.45) is 0 Å². The Morgan fingerprint density at radius 2 is 1.00 bits per heavy atom. The number of para-hydroxylation sites is 2. The van der Waals surface area contributed by atoms with Crippen LogP contribution in [0.25, 0.3) is 88.0 Å². The maximum Gasteiger partial charge on any atom is 0.143 e. The maximum absolute atomic E-state index is 10.3. The smallest absolute Gasteiger partial charge is 0.143 e. The molecule has 0 N–H and O–H groups in total. The van der Waals surface area contributed by atoms with Gasteiger partial charge in [-0.05, 0) is 98.7 Å². The van der Waals surface area contributed by atoms with Crippen LogP contribution < -0.4 is 4.90 Å². The second-order valence-electron chi connectivity index (χ2n) is 12.8. The molecule has 0 amide bonds. The van der Waals surface area contributed by atoms with Gasteiger partial charge in [-0.15, -0.1) is 0 Å². The standard InChI is InChI=1S/C55H37NO2/c1-55(2)49-21-10-8-16-40(49)41-29-27-38(32-50(41)55)56(36-25-23-35(24-26-36)34-13-4-3-5-14-34)37-28-30-52-47(31-37)48-33-46(39-15-6-7-18-43(39)54(48)58-52)45-20-12-19-44-42-17-9-11-22-51(42)57-53(44)45/h3-33H,1-2H3/i1D3,2D3,3D,4D,5D,6D,7D,8D,9D,10D,11D,12D,13D,14D,15D,16D,17D,18D,19D,20D,21D,22D,23D,24D,25D,26D,27D,28D,29D,30D,31D,32D,33D.